The predicted molar refractivity (Wildman–Crippen MR) is 130 cm³/mol. The number of H-pyrrole nitrogens is 1. The number of aliphatic hydroxyl groups excluding tert-OH is 1. The lowest BCUT2D eigenvalue weighted by molar-refractivity contribution is 0.0840. The van der Waals surface area contributed by atoms with E-state index in [0.29, 0.717) is 27.9 Å². The molecule has 4 rings (SSSR count). The Kier molecular flexibility index (Phi) is 7.22. The van der Waals surface area contributed by atoms with Crippen LogP contribution in [0.2, 0.25) is 0 Å². The zero-order valence-electron chi connectivity index (χ0n) is 19.2. The number of carbonyl (C=O) groups excluding carboxylic acids is 2. The molecule has 1 atom stereocenters. The van der Waals surface area contributed by atoms with Gasteiger partial charge >= 0.3 is 0 Å². The zero-order valence-corrected chi connectivity index (χ0v) is 19.2. The maximum Gasteiger partial charge on any atom is 0.272 e. The van der Waals surface area contributed by atoms with Crippen LogP contribution < -0.4 is 20.1 Å². The molecule has 10 heteroatoms. The Morgan fingerprint density at radius 1 is 1.09 bits per heavy atom. The molecule has 1 unspecified atom stereocenters. The third kappa shape index (κ3) is 5.39. The average Bonchev–Trinajstić information content (AvgIpc) is 3.33. The van der Waals surface area contributed by atoms with Gasteiger partial charge in [-0.1, -0.05) is 24.3 Å². The largest absolute Gasteiger partial charge is 0.491 e. The van der Waals surface area contributed by atoms with Gasteiger partial charge in [-0.25, -0.2) is 4.98 Å². The number of methoxy groups -OCH3 is 1. The third-order valence-electron chi connectivity index (χ3n) is 5.31. The minimum Gasteiger partial charge on any atom is -0.491 e. The van der Waals surface area contributed by atoms with Gasteiger partial charge in [0.05, 0.1) is 12.6 Å². The highest BCUT2D eigenvalue weighted by Crippen LogP contribution is 2.28. The number of hydrogen-bond acceptors (Lipinski definition) is 7. The monoisotopic (exact) mass is 475 g/mol. The SMILES string of the molecule is CNC(=O)c1n[nH]c2cc(-c3cnc(OC)c(C(=O)NCC(O)COc4ccccc4)c3)ccc12. The Hall–Kier alpha value is -4.44. The molecule has 0 saturated carbocycles. The Morgan fingerprint density at radius 2 is 1.89 bits per heavy atom. The van der Waals surface area contributed by atoms with Gasteiger partial charge in [-0.15, -0.1) is 0 Å². The average molecular weight is 476 g/mol. The summed E-state index contributed by atoms with van der Waals surface area (Å²) in [5, 5.41) is 23.1. The van der Waals surface area contributed by atoms with Gasteiger partial charge in [0.15, 0.2) is 5.69 Å². The Balaban J connectivity index is 1.48. The van der Waals surface area contributed by atoms with Crippen LogP contribution in [0.15, 0.2) is 60.8 Å². The van der Waals surface area contributed by atoms with Crippen LogP contribution >= 0.6 is 0 Å². The van der Waals surface area contributed by atoms with E-state index in [1.165, 1.54) is 7.11 Å². The van der Waals surface area contributed by atoms with Crippen molar-refractivity contribution in [3.63, 3.8) is 0 Å². The summed E-state index contributed by atoms with van der Waals surface area (Å²) in [6.07, 6.45) is 0.689. The number of fused-ring (bicyclic) bond motifs is 1. The van der Waals surface area contributed by atoms with E-state index < -0.39 is 12.0 Å². The molecule has 2 aromatic carbocycles. The third-order valence-corrected chi connectivity index (χ3v) is 5.31. The summed E-state index contributed by atoms with van der Waals surface area (Å²) in [5.74, 6) is 0.0591. The van der Waals surface area contributed by atoms with Gasteiger partial charge in [0, 0.05) is 30.7 Å². The molecule has 2 aromatic heterocycles. The molecule has 0 saturated heterocycles. The lowest BCUT2D eigenvalue weighted by Crippen LogP contribution is -2.35. The van der Waals surface area contributed by atoms with E-state index in [0.717, 1.165) is 5.56 Å². The molecule has 0 aliphatic rings. The number of hydrogen-bond donors (Lipinski definition) is 4. The van der Waals surface area contributed by atoms with Crippen molar-refractivity contribution in [1.29, 1.82) is 0 Å². The van der Waals surface area contributed by atoms with Crippen molar-refractivity contribution in [2.24, 2.45) is 0 Å². The fourth-order valence-electron chi connectivity index (χ4n) is 3.50. The van der Waals surface area contributed by atoms with Gasteiger partial charge in [-0.05, 0) is 35.9 Å². The molecule has 0 aliphatic heterocycles. The van der Waals surface area contributed by atoms with E-state index in [-0.39, 0.29) is 30.5 Å². The number of ether oxygens (including phenoxy) is 2. The quantitative estimate of drug-likeness (QED) is 0.291. The van der Waals surface area contributed by atoms with Crippen molar-refractivity contribution in [3.05, 3.63) is 72.1 Å². The molecule has 0 fully saturated rings. The molecule has 180 valence electrons. The molecule has 2 amide bonds. The second-order valence-electron chi connectivity index (χ2n) is 7.68. The molecule has 0 radical (unpaired) electrons. The maximum atomic E-state index is 12.9. The van der Waals surface area contributed by atoms with Gasteiger partial charge in [0.25, 0.3) is 11.8 Å². The van der Waals surface area contributed by atoms with Crippen molar-refractivity contribution >= 4 is 22.7 Å². The van der Waals surface area contributed by atoms with E-state index >= 15 is 0 Å². The standard InChI is InChI=1S/C25H25N5O5/c1-26-24(33)22-19-9-8-15(11-21(19)29-30-22)16-10-20(25(34-2)28-12-16)23(32)27-13-17(31)14-35-18-6-4-3-5-7-18/h3-12,17,31H,13-14H2,1-2H3,(H,26,33)(H,27,32)(H,29,30). The number of nitrogens with one attached hydrogen (secondary N) is 3. The zero-order chi connectivity index (χ0) is 24.8. The summed E-state index contributed by atoms with van der Waals surface area (Å²) in [5.41, 5.74) is 2.63. The van der Waals surface area contributed by atoms with Gasteiger partial charge in [-0.3, -0.25) is 14.7 Å². The molecule has 4 N–H and O–H groups in total. The van der Waals surface area contributed by atoms with Crippen LogP contribution in [-0.4, -0.2) is 65.5 Å². The summed E-state index contributed by atoms with van der Waals surface area (Å²) < 4.78 is 10.8. The van der Waals surface area contributed by atoms with Crippen molar-refractivity contribution in [2.45, 2.75) is 6.10 Å². The Bertz CT molecular complexity index is 1340. The second kappa shape index (κ2) is 10.7. The van der Waals surface area contributed by atoms with E-state index in [9.17, 15) is 14.7 Å². The highest BCUT2D eigenvalue weighted by Gasteiger charge is 2.18. The lowest BCUT2D eigenvalue weighted by Gasteiger charge is -2.14. The summed E-state index contributed by atoms with van der Waals surface area (Å²) in [4.78, 5) is 29.1. The number of aliphatic hydroxyl groups is 1. The Labute approximate surface area is 201 Å². The molecule has 0 aliphatic carbocycles. The van der Waals surface area contributed by atoms with Crippen LogP contribution in [-0.2, 0) is 0 Å². The van der Waals surface area contributed by atoms with Crippen molar-refractivity contribution < 1.29 is 24.2 Å². The van der Waals surface area contributed by atoms with Crippen LogP contribution in [0.1, 0.15) is 20.8 Å². The first-order chi connectivity index (χ1) is 17.0. The second-order valence-corrected chi connectivity index (χ2v) is 7.68. The highest BCUT2D eigenvalue weighted by molar-refractivity contribution is 6.05. The van der Waals surface area contributed by atoms with E-state index in [4.69, 9.17) is 9.47 Å². The van der Waals surface area contributed by atoms with Gasteiger partial charge in [0.2, 0.25) is 5.88 Å². The first-order valence-corrected chi connectivity index (χ1v) is 10.9. The van der Waals surface area contributed by atoms with Crippen molar-refractivity contribution in [2.75, 3.05) is 27.3 Å². The predicted octanol–water partition coefficient (Wildman–Crippen LogP) is 2.16. The van der Waals surface area contributed by atoms with Crippen LogP contribution in [0.3, 0.4) is 0 Å². The molecule has 0 bridgehead atoms. The number of pyridine rings is 1. The highest BCUT2D eigenvalue weighted by atomic mass is 16.5. The molecule has 35 heavy (non-hydrogen) atoms. The fraction of sp³-hybridized carbons (Fsp3) is 0.200. The maximum absolute atomic E-state index is 12.9. The van der Waals surface area contributed by atoms with Gasteiger partial charge in [0.1, 0.15) is 24.0 Å². The number of aromatic nitrogens is 3. The number of carbonyl (C=O) groups is 2. The first-order valence-electron chi connectivity index (χ1n) is 10.9. The number of rotatable bonds is 9. The van der Waals surface area contributed by atoms with Crippen LogP contribution in [0.25, 0.3) is 22.0 Å². The number of para-hydroxylation sites is 1. The summed E-state index contributed by atoms with van der Waals surface area (Å²) >= 11 is 0. The van der Waals surface area contributed by atoms with E-state index in [1.54, 1.807) is 37.5 Å². The summed E-state index contributed by atoms with van der Waals surface area (Å²) in [6, 6.07) is 16.2. The Morgan fingerprint density at radius 3 is 2.63 bits per heavy atom. The van der Waals surface area contributed by atoms with Crippen LogP contribution in [0.4, 0.5) is 0 Å². The van der Waals surface area contributed by atoms with E-state index in [2.05, 4.69) is 25.8 Å². The van der Waals surface area contributed by atoms with Crippen molar-refractivity contribution in [3.8, 4) is 22.8 Å². The summed E-state index contributed by atoms with van der Waals surface area (Å²) in [6.45, 7) is 0.0172. The van der Waals surface area contributed by atoms with Gasteiger partial charge in [-0.2, -0.15) is 5.10 Å². The molecule has 2 heterocycles. The minimum atomic E-state index is -0.904. The normalized spacial score (nSPS) is 11.6. The molecular weight excluding hydrogens is 450 g/mol. The number of amides is 2. The molecule has 0 spiro atoms. The summed E-state index contributed by atoms with van der Waals surface area (Å²) in [7, 11) is 2.97. The van der Waals surface area contributed by atoms with Crippen molar-refractivity contribution in [1.82, 2.24) is 25.8 Å². The lowest BCUT2D eigenvalue weighted by atomic mass is 10.0. The number of nitrogens with zero attached hydrogens (tertiary/aromatic N) is 2. The number of benzene rings is 2. The molecule has 4 aromatic rings. The van der Waals surface area contributed by atoms with Crippen LogP contribution in [0, 0.1) is 0 Å². The molecular formula is C25H25N5O5. The topological polar surface area (TPSA) is 138 Å². The van der Waals surface area contributed by atoms with Crippen LogP contribution in [0.5, 0.6) is 11.6 Å². The van der Waals surface area contributed by atoms with Gasteiger partial charge < -0.3 is 25.2 Å². The number of aromatic amines is 1. The minimum absolute atomic E-state index is 0.0125. The molecule has 10 nitrogen and oxygen atoms in total. The first kappa shape index (κ1) is 23.7. The van der Waals surface area contributed by atoms with E-state index in [1.807, 2.05) is 30.3 Å². The smallest absolute Gasteiger partial charge is 0.272 e. The fourth-order valence-corrected chi connectivity index (χ4v) is 3.50.